The van der Waals surface area contributed by atoms with Crippen LogP contribution in [0.25, 0.3) is 10.9 Å². The highest BCUT2D eigenvalue weighted by atomic mass is 16.5. The van der Waals surface area contributed by atoms with Crippen molar-refractivity contribution in [3.8, 4) is 5.75 Å². The number of amides is 1. The van der Waals surface area contributed by atoms with Gasteiger partial charge in [0.1, 0.15) is 11.4 Å². The Morgan fingerprint density at radius 1 is 0.931 bits per heavy atom. The number of carbonyl (C=O) groups excluding carboxylic acids is 1. The molecule has 0 aliphatic carbocycles. The lowest BCUT2D eigenvalue weighted by molar-refractivity contribution is 0.102. The van der Waals surface area contributed by atoms with Gasteiger partial charge in [0.05, 0.1) is 7.11 Å². The van der Waals surface area contributed by atoms with Gasteiger partial charge in [-0.3, -0.25) is 4.79 Å². The summed E-state index contributed by atoms with van der Waals surface area (Å²) in [6, 6.07) is 25.7. The van der Waals surface area contributed by atoms with E-state index in [0.29, 0.717) is 5.69 Å². The highest BCUT2D eigenvalue weighted by Crippen LogP contribution is 2.23. The highest BCUT2D eigenvalue weighted by molar-refractivity contribution is 6.06. The van der Waals surface area contributed by atoms with Gasteiger partial charge in [0.15, 0.2) is 0 Å². The first kappa shape index (κ1) is 18.6. The van der Waals surface area contributed by atoms with Crippen molar-refractivity contribution in [2.75, 3.05) is 17.7 Å². The van der Waals surface area contributed by atoms with Gasteiger partial charge in [0.2, 0.25) is 0 Å². The predicted octanol–water partition coefficient (Wildman–Crippen LogP) is 5.60. The lowest BCUT2D eigenvalue weighted by Gasteiger charge is -2.16. The van der Waals surface area contributed by atoms with Crippen LogP contribution in [0.4, 0.5) is 11.4 Å². The molecule has 0 spiro atoms. The van der Waals surface area contributed by atoms with E-state index in [1.165, 1.54) is 5.56 Å². The highest BCUT2D eigenvalue weighted by Gasteiger charge is 2.11. The fraction of sp³-hybridized carbons (Fsp3) is 0.125. The first-order valence-corrected chi connectivity index (χ1v) is 9.52. The molecule has 0 bridgehead atoms. The van der Waals surface area contributed by atoms with E-state index < -0.39 is 0 Å². The topological polar surface area (TPSA) is 66.2 Å². The second-order valence-electron chi connectivity index (χ2n) is 6.94. The van der Waals surface area contributed by atoms with Crippen molar-refractivity contribution in [2.45, 2.75) is 13.0 Å². The van der Waals surface area contributed by atoms with Crippen LogP contribution in [-0.4, -0.2) is 18.0 Å². The Morgan fingerprint density at radius 3 is 2.38 bits per heavy atom. The summed E-state index contributed by atoms with van der Waals surface area (Å²) >= 11 is 0. The van der Waals surface area contributed by atoms with Crippen molar-refractivity contribution in [3.63, 3.8) is 0 Å². The Hall–Kier alpha value is -3.73. The maximum absolute atomic E-state index is 12.6. The Morgan fingerprint density at radius 2 is 1.66 bits per heavy atom. The third-order valence-electron chi connectivity index (χ3n) is 4.90. The Labute approximate surface area is 169 Å². The van der Waals surface area contributed by atoms with Gasteiger partial charge in [-0.25, -0.2) is 0 Å². The second kappa shape index (κ2) is 8.10. The number of anilines is 2. The minimum atomic E-state index is -0.182. The fourth-order valence-corrected chi connectivity index (χ4v) is 3.28. The quantitative estimate of drug-likeness (QED) is 0.405. The molecule has 0 saturated carbocycles. The van der Waals surface area contributed by atoms with E-state index in [0.717, 1.165) is 28.0 Å². The number of aromatic amines is 1. The molecule has 146 valence electrons. The van der Waals surface area contributed by atoms with Crippen molar-refractivity contribution in [2.24, 2.45) is 0 Å². The van der Waals surface area contributed by atoms with Crippen LogP contribution in [0.2, 0.25) is 0 Å². The summed E-state index contributed by atoms with van der Waals surface area (Å²) in [4.78, 5) is 15.7. The van der Waals surface area contributed by atoms with Gasteiger partial charge in [-0.05, 0) is 55.0 Å². The normalized spacial score (nSPS) is 11.8. The average molecular weight is 385 g/mol. The molecular formula is C24H23N3O2. The molecule has 4 aromatic rings. The van der Waals surface area contributed by atoms with E-state index in [1.807, 2.05) is 66.7 Å². The zero-order valence-electron chi connectivity index (χ0n) is 16.4. The van der Waals surface area contributed by atoms with Crippen LogP contribution in [0.5, 0.6) is 5.75 Å². The van der Waals surface area contributed by atoms with E-state index in [4.69, 9.17) is 4.74 Å². The van der Waals surface area contributed by atoms with E-state index in [-0.39, 0.29) is 11.9 Å². The van der Waals surface area contributed by atoms with E-state index >= 15 is 0 Å². The van der Waals surface area contributed by atoms with Gasteiger partial charge in [0, 0.05) is 34.4 Å². The van der Waals surface area contributed by atoms with Crippen LogP contribution >= 0.6 is 0 Å². The van der Waals surface area contributed by atoms with Gasteiger partial charge in [0.25, 0.3) is 5.91 Å². The molecule has 1 amide bonds. The van der Waals surface area contributed by atoms with Crippen molar-refractivity contribution >= 4 is 28.2 Å². The van der Waals surface area contributed by atoms with Gasteiger partial charge in [-0.2, -0.15) is 0 Å². The molecule has 0 saturated heterocycles. The summed E-state index contributed by atoms with van der Waals surface area (Å²) < 4.78 is 5.23. The molecule has 4 rings (SSSR count). The van der Waals surface area contributed by atoms with Crippen LogP contribution in [0.1, 0.15) is 29.0 Å². The number of benzene rings is 3. The fourth-order valence-electron chi connectivity index (χ4n) is 3.28. The zero-order valence-corrected chi connectivity index (χ0v) is 16.4. The maximum Gasteiger partial charge on any atom is 0.272 e. The predicted molar refractivity (Wildman–Crippen MR) is 118 cm³/mol. The van der Waals surface area contributed by atoms with Crippen LogP contribution in [0.3, 0.4) is 0 Å². The lowest BCUT2D eigenvalue weighted by Crippen LogP contribution is -2.12. The van der Waals surface area contributed by atoms with E-state index in [1.54, 1.807) is 7.11 Å². The monoisotopic (exact) mass is 385 g/mol. The number of rotatable bonds is 6. The Bertz CT molecular complexity index is 1120. The molecule has 1 aromatic heterocycles. The number of fused-ring (bicyclic) bond motifs is 1. The summed E-state index contributed by atoms with van der Waals surface area (Å²) in [5, 5.41) is 7.36. The third kappa shape index (κ3) is 4.24. The van der Waals surface area contributed by atoms with Crippen LogP contribution in [0.15, 0.2) is 78.9 Å². The molecule has 0 fully saturated rings. The summed E-state index contributed by atoms with van der Waals surface area (Å²) in [6.45, 7) is 2.12. The molecule has 0 aliphatic heterocycles. The summed E-state index contributed by atoms with van der Waals surface area (Å²) in [6.07, 6.45) is 0. The largest absolute Gasteiger partial charge is 0.497 e. The number of aromatic nitrogens is 1. The molecule has 29 heavy (non-hydrogen) atoms. The van der Waals surface area contributed by atoms with Crippen LogP contribution < -0.4 is 15.4 Å². The lowest BCUT2D eigenvalue weighted by atomic mass is 10.1. The van der Waals surface area contributed by atoms with Gasteiger partial charge >= 0.3 is 0 Å². The smallest absolute Gasteiger partial charge is 0.272 e. The molecule has 5 heteroatoms. The number of nitrogens with one attached hydrogen (secondary N) is 3. The number of ether oxygens (including phenoxy) is 1. The molecular weight excluding hydrogens is 362 g/mol. The SMILES string of the molecule is COc1ccc2cc(C(=O)Nc3ccc(NC(C)c4ccccc4)cc3)[nH]c2c1. The first-order chi connectivity index (χ1) is 14.1. The van der Waals surface area contributed by atoms with E-state index in [9.17, 15) is 4.79 Å². The number of carbonyl (C=O) groups is 1. The van der Waals surface area contributed by atoms with Crippen molar-refractivity contribution in [3.05, 3.63) is 90.1 Å². The molecule has 1 atom stereocenters. The summed E-state index contributed by atoms with van der Waals surface area (Å²) in [5.74, 6) is 0.567. The zero-order chi connectivity index (χ0) is 20.2. The van der Waals surface area contributed by atoms with Gasteiger partial charge in [-0.15, -0.1) is 0 Å². The third-order valence-corrected chi connectivity index (χ3v) is 4.90. The number of hydrogen-bond donors (Lipinski definition) is 3. The maximum atomic E-state index is 12.6. The van der Waals surface area contributed by atoms with Crippen molar-refractivity contribution in [1.29, 1.82) is 0 Å². The first-order valence-electron chi connectivity index (χ1n) is 9.52. The van der Waals surface area contributed by atoms with Crippen LogP contribution in [-0.2, 0) is 0 Å². The molecule has 0 aliphatic rings. The van der Waals surface area contributed by atoms with Crippen LogP contribution in [0, 0.1) is 0 Å². The minimum Gasteiger partial charge on any atom is -0.497 e. The number of hydrogen-bond acceptors (Lipinski definition) is 3. The van der Waals surface area contributed by atoms with Gasteiger partial charge in [-0.1, -0.05) is 30.3 Å². The molecule has 1 unspecified atom stereocenters. The number of methoxy groups -OCH3 is 1. The Balaban J connectivity index is 1.42. The van der Waals surface area contributed by atoms with Gasteiger partial charge < -0.3 is 20.4 Å². The summed E-state index contributed by atoms with van der Waals surface area (Å²) in [5.41, 5.74) is 4.33. The second-order valence-corrected chi connectivity index (χ2v) is 6.94. The van der Waals surface area contributed by atoms with Crippen molar-refractivity contribution in [1.82, 2.24) is 4.98 Å². The molecule has 1 heterocycles. The molecule has 3 aromatic carbocycles. The summed E-state index contributed by atoms with van der Waals surface area (Å²) in [7, 11) is 1.62. The Kier molecular flexibility index (Phi) is 5.20. The average Bonchev–Trinajstić information content (AvgIpc) is 3.19. The molecule has 3 N–H and O–H groups in total. The van der Waals surface area contributed by atoms with Crippen molar-refractivity contribution < 1.29 is 9.53 Å². The number of H-pyrrole nitrogens is 1. The molecule has 5 nitrogen and oxygen atoms in total. The minimum absolute atomic E-state index is 0.182. The standard InChI is InChI=1S/C24H23N3O2/c1-16(17-6-4-3-5-7-17)25-19-9-11-20(12-10-19)26-24(28)23-14-18-8-13-21(29-2)15-22(18)27-23/h3-16,25,27H,1-2H3,(H,26,28). The van der Waals surface area contributed by atoms with E-state index in [2.05, 4.69) is 34.7 Å². The molecule has 0 radical (unpaired) electrons.